The minimum absolute atomic E-state index is 0.316. The minimum Gasteiger partial charge on any atom is -0.378 e. The van der Waals surface area contributed by atoms with E-state index in [4.69, 9.17) is 16.3 Å². The molecule has 8 heteroatoms. The van der Waals surface area contributed by atoms with Crippen molar-refractivity contribution in [3.8, 4) is 0 Å². The minimum atomic E-state index is -1.32. The van der Waals surface area contributed by atoms with Crippen molar-refractivity contribution >= 4 is 39.1 Å². The Morgan fingerprint density at radius 1 is 1.30 bits per heavy atom. The van der Waals surface area contributed by atoms with Crippen molar-refractivity contribution in [2.45, 2.75) is 24.8 Å². The van der Waals surface area contributed by atoms with E-state index in [0.717, 1.165) is 54.2 Å². The fraction of sp³-hybridized carbons (Fsp3) is 0.368. The first-order chi connectivity index (χ1) is 13.0. The topological polar surface area (TPSA) is 71.1 Å². The number of rotatable bonds is 4. The van der Waals surface area contributed by atoms with Crippen LogP contribution < -0.4 is 4.90 Å². The molecule has 27 heavy (non-hydrogen) atoms. The van der Waals surface area contributed by atoms with Crippen molar-refractivity contribution in [3.63, 3.8) is 0 Å². The van der Waals surface area contributed by atoms with Crippen LogP contribution in [-0.2, 0) is 21.3 Å². The predicted molar refractivity (Wildman–Crippen MR) is 108 cm³/mol. The Bertz CT molecular complexity index is 1010. The average Bonchev–Trinajstić information content (AvgIpc) is 3.08. The smallest absolute Gasteiger partial charge is 0.197 e. The van der Waals surface area contributed by atoms with E-state index in [1.54, 1.807) is 12.1 Å². The monoisotopic (exact) mass is 404 g/mol. The number of anilines is 1. The number of aryl methyl sites for hydroxylation is 1. The summed E-state index contributed by atoms with van der Waals surface area (Å²) in [6, 6.07) is 5.38. The zero-order chi connectivity index (χ0) is 19.0. The van der Waals surface area contributed by atoms with Gasteiger partial charge in [0.2, 0.25) is 0 Å². The molecule has 1 atom stereocenters. The molecular weight excluding hydrogens is 384 g/mol. The zero-order valence-corrected chi connectivity index (χ0v) is 16.9. The van der Waals surface area contributed by atoms with Gasteiger partial charge in [0.25, 0.3) is 0 Å². The number of aromatic amines is 1. The molecule has 0 aliphatic carbocycles. The molecular formula is C19H21ClN4O2S. The number of imidazole rings is 1. The molecule has 1 N–H and O–H groups in total. The van der Waals surface area contributed by atoms with Gasteiger partial charge >= 0.3 is 0 Å². The first kappa shape index (κ1) is 18.4. The van der Waals surface area contributed by atoms with E-state index in [1.165, 1.54) is 5.69 Å². The van der Waals surface area contributed by atoms with Crippen LogP contribution in [0.25, 0.3) is 11.0 Å². The summed E-state index contributed by atoms with van der Waals surface area (Å²) in [5.41, 5.74) is 5.75. The molecule has 0 amide bonds. The van der Waals surface area contributed by atoms with E-state index in [-0.39, 0.29) is 0 Å². The molecule has 1 unspecified atom stereocenters. The summed E-state index contributed by atoms with van der Waals surface area (Å²) in [6.45, 7) is 7.29. The molecule has 2 aromatic heterocycles. The quantitative estimate of drug-likeness (QED) is 0.721. The van der Waals surface area contributed by atoms with Crippen LogP contribution in [0.15, 0.2) is 29.6 Å². The molecule has 0 saturated carbocycles. The van der Waals surface area contributed by atoms with Crippen molar-refractivity contribution in [2.24, 2.45) is 0 Å². The van der Waals surface area contributed by atoms with Crippen LogP contribution in [0.2, 0.25) is 5.02 Å². The third-order valence-electron chi connectivity index (χ3n) is 4.81. The van der Waals surface area contributed by atoms with Crippen LogP contribution in [0.3, 0.4) is 0 Å². The van der Waals surface area contributed by atoms with Gasteiger partial charge in [-0.05, 0) is 43.2 Å². The highest BCUT2D eigenvalue weighted by atomic mass is 35.5. The molecule has 0 bridgehead atoms. The lowest BCUT2D eigenvalue weighted by molar-refractivity contribution is 0.122. The number of ether oxygens (including phenoxy) is 1. The van der Waals surface area contributed by atoms with Crippen LogP contribution in [0.1, 0.15) is 16.8 Å². The number of fused-ring (bicyclic) bond motifs is 1. The number of nitrogens with one attached hydrogen (secondary N) is 1. The zero-order valence-electron chi connectivity index (χ0n) is 15.3. The number of hydrogen-bond donors (Lipinski definition) is 1. The maximum atomic E-state index is 12.9. The summed E-state index contributed by atoms with van der Waals surface area (Å²) >= 11 is 6.02. The normalized spacial score (nSPS) is 16.0. The number of benzene rings is 1. The van der Waals surface area contributed by atoms with E-state index in [0.29, 0.717) is 15.9 Å². The van der Waals surface area contributed by atoms with E-state index in [2.05, 4.69) is 33.7 Å². The Kier molecular flexibility index (Phi) is 5.16. The van der Waals surface area contributed by atoms with Gasteiger partial charge < -0.3 is 14.6 Å². The van der Waals surface area contributed by atoms with Crippen molar-refractivity contribution < 1.29 is 8.95 Å². The van der Waals surface area contributed by atoms with Gasteiger partial charge in [-0.25, -0.2) is 4.98 Å². The Balaban J connectivity index is 1.62. The molecule has 3 heterocycles. The molecule has 1 saturated heterocycles. The van der Waals surface area contributed by atoms with Gasteiger partial charge in [-0.1, -0.05) is 11.6 Å². The summed E-state index contributed by atoms with van der Waals surface area (Å²) in [4.78, 5) is 14.4. The van der Waals surface area contributed by atoms with Crippen LogP contribution >= 0.6 is 11.6 Å². The number of hydrogen-bond acceptors (Lipinski definition) is 5. The number of H-pyrrole nitrogens is 1. The summed E-state index contributed by atoms with van der Waals surface area (Å²) in [6.07, 6.45) is 1.86. The van der Waals surface area contributed by atoms with Gasteiger partial charge in [0.15, 0.2) is 5.16 Å². The van der Waals surface area contributed by atoms with Gasteiger partial charge in [-0.3, -0.25) is 9.19 Å². The van der Waals surface area contributed by atoms with Gasteiger partial charge in [-0.2, -0.15) is 0 Å². The van der Waals surface area contributed by atoms with Gasteiger partial charge in [0.1, 0.15) is 0 Å². The molecule has 0 radical (unpaired) electrons. The van der Waals surface area contributed by atoms with E-state index >= 15 is 0 Å². The van der Waals surface area contributed by atoms with Gasteiger partial charge in [0, 0.05) is 30.0 Å². The van der Waals surface area contributed by atoms with E-state index in [1.807, 2.05) is 12.3 Å². The average molecular weight is 405 g/mol. The number of aromatic nitrogens is 3. The molecule has 1 fully saturated rings. The molecule has 142 valence electrons. The number of nitrogens with zero attached hydrogens (tertiary/aromatic N) is 3. The lowest BCUT2D eigenvalue weighted by Crippen LogP contribution is -2.37. The predicted octanol–water partition coefficient (Wildman–Crippen LogP) is 3.37. The second kappa shape index (κ2) is 7.58. The fourth-order valence-electron chi connectivity index (χ4n) is 3.44. The summed E-state index contributed by atoms with van der Waals surface area (Å²) in [7, 11) is -1.32. The van der Waals surface area contributed by atoms with Crippen LogP contribution in [0.5, 0.6) is 0 Å². The van der Waals surface area contributed by atoms with Crippen molar-refractivity contribution in [1.82, 2.24) is 15.0 Å². The van der Waals surface area contributed by atoms with Crippen molar-refractivity contribution in [2.75, 3.05) is 31.2 Å². The Labute approximate surface area is 165 Å². The standard InChI is InChI=1S/C19H21ClN4O2S/c1-12-10-21-17(13(2)18(12)24-5-7-26-8-6-24)11-27(25)19-22-15-4-3-14(20)9-16(15)23-19/h3-4,9-10H,5-8,11H2,1-2H3,(H,22,23). The second-order valence-electron chi connectivity index (χ2n) is 6.65. The number of halogens is 1. The van der Waals surface area contributed by atoms with Crippen LogP contribution in [0.4, 0.5) is 5.69 Å². The largest absolute Gasteiger partial charge is 0.378 e. The molecule has 3 aromatic rings. The SMILES string of the molecule is Cc1cnc(CS(=O)c2nc3ccc(Cl)cc3[nH]2)c(C)c1N1CCOCC1. The van der Waals surface area contributed by atoms with E-state index < -0.39 is 10.8 Å². The fourth-order valence-corrected chi connectivity index (χ4v) is 4.72. The lowest BCUT2D eigenvalue weighted by atomic mass is 10.1. The second-order valence-corrected chi connectivity index (χ2v) is 8.46. The molecule has 1 aliphatic rings. The first-order valence-corrected chi connectivity index (χ1v) is 10.5. The van der Waals surface area contributed by atoms with Gasteiger partial charge in [0.05, 0.1) is 46.5 Å². The van der Waals surface area contributed by atoms with Crippen molar-refractivity contribution in [1.29, 1.82) is 0 Å². The molecule has 6 nitrogen and oxygen atoms in total. The summed E-state index contributed by atoms with van der Waals surface area (Å²) < 4.78 is 18.4. The van der Waals surface area contributed by atoms with Gasteiger partial charge in [-0.15, -0.1) is 0 Å². The summed E-state index contributed by atoms with van der Waals surface area (Å²) in [5.74, 6) is 0.316. The lowest BCUT2D eigenvalue weighted by Gasteiger charge is -2.31. The highest BCUT2D eigenvalue weighted by Gasteiger charge is 2.20. The van der Waals surface area contributed by atoms with E-state index in [9.17, 15) is 4.21 Å². The highest BCUT2D eigenvalue weighted by Crippen LogP contribution is 2.28. The Morgan fingerprint density at radius 3 is 2.85 bits per heavy atom. The third kappa shape index (κ3) is 3.72. The molecule has 4 rings (SSSR count). The Hall–Kier alpha value is -1.96. The molecule has 1 aromatic carbocycles. The van der Waals surface area contributed by atoms with Crippen LogP contribution in [-0.4, -0.2) is 45.5 Å². The highest BCUT2D eigenvalue weighted by molar-refractivity contribution is 7.84. The maximum absolute atomic E-state index is 12.9. The maximum Gasteiger partial charge on any atom is 0.197 e. The Morgan fingerprint density at radius 2 is 2.07 bits per heavy atom. The molecule has 1 aliphatic heterocycles. The first-order valence-electron chi connectivity index (χ1n) is 8.84. The number of morpholine rings is 1. The summed E-state index contributed by atoms with van der Waals surface area (Å²) in [5, 5.41) is 1.07. The van der Waals surface area contributed by atoms with Crippen molar-refractivity contribution in [3.05, 3.63) is 46.2 Å². The van der Waals surface area contributed by atoms with Crippen LogP contribution in [0, 0.1) is 13.8 Å². The number of pyridine rings is 1. The third-order valence-corrected chi connectivity index (χ3v) is 6.20. The molecule has 0 spiro atoms.